The van der Waals surface area contributed by atoms with E-state index in [1.54, 1.807) is 18.0 Å². The molecule has 2 N–H and O–H groups in total. The fourth-order valence-corrected chi connectivity index (χ4v) is 4.87. The van der Waals surface area contributed by atoms with Crippen molar-refractivity contribution in [3.05, 3.63) is 88.3 Å². The zero-order valence-corrected chi connectivity index (χ0v) is 19.2. The minimum Gasteiger partial charge on any atom is -0.493 e. The lowest BCUT2D eigenvalue weighted by atomic mass is 10.2. The van der Waals surface area contributed by atoms with Crippen LogP contribution in [0.25, 0.3) is 10.9 Å². The van der Waals surface area contributed by atoms with E-state index in [0.29, 0.717) is 16.7 Å². The molecule has 4 rings (SSSR count). The van der Waals surface area contributed by atoms with Crippen LogP contribution in [0.4, 0.5) is 0 Å². The van der Waals surface area contributed by atoms with Crippen LogP contribution in [0.3, 0.4) is 0 Å². The zero-order valence-electron chi connectivity index (χ0n) is 16.9. The molecule has 0 amide bonds. The normalized spacial score (nSPS) is 11.2. The van der Waals surface area contributed by atoms with E-state index in [9.17, 15) is 0 Å². The number of ether oxygens (including phenoxy) is 1. The van der Waals surface area contributed by atoms with Crippen LogP contribution < -0.4 is 10.1 Å². The molecule has 2 aromatic carbocycles. The lowest BCUT2D eigenvalue weighted by Gasteiger charge is -2.08. The summed E-state index contributed by atoms with van der Waals surface area (Å²) in [6.07, 6.45) is 4.59. The summed E-state index contributed by atoms with van der Waals surface area (Å²) in [6.45, 7) is 2.36. The monoisotopic (exact) mass is 471 g/mol. The molecule has 0 bridgehead atoms. The molecule has 0 radical (unpaired) electrons. The number of H-pyrrole nitrogens is 1. The summed E-state index contributed by atoms with van der Waals surface area (Å²) in [4.78, 5) is 8.50. The van der Waals surface area contributed by atoms with Crippen LogP contribution in [-0.4, -0.2) is 23.1 Å². The predicted molar refractivity (Wildman–Crippen MR) is 130 cm³/mol. The van der Waals surface area contributed by atoms with Crippen LogP contribution in [-0.2, 0) is 12.3 Å². The summed E-state index contributed by atoms with van der Waals surface area (Å²) in [5, 5.41) is 5.86. The van der Waals surface area contributed by atoms with Gasteiger partial charge in [0.1, 0.15) is 5.75 Å². The predicted octanol–water partition coefficient (Wildman–Crippen LogP) is 6.72. The highest BCUT2D eigenvalue weighted by molar-refractivity contribution is 7.98. The Kier molecular flexibility index (Phi) is 7.76. The van der Waals surface area contributed by atoms with E-state index in [2.05, 4.69) is 33.5 Å². The minimum absolute atomic E-state index is 0.656. The molecule has 0 atom stereocenters. The van der Waals surface area contributed by atoms with Gasteiger partial charge in [-0.05, 0) is 54.9 Å². The summed E-state index contributed by atoms with van der Waals surface area (Å²) in [7, 11) is 0. The van der Waals surface area contributed by atoms with Gasteiger partial charge in [-0.15, -0.1) is 11.8 Å². The third-order valence-electron chi connectivity index (χ3n) is 4.78. The van der Waals surface area contributed by atoms with Gasteiger partial charge in [0.05, 0.1) is 16.7 Å². The number of hydrogen-bond acceptors (Lipinski definition) is 4. The highest BCUT2D eigenvalue weighted by atomic mass is 35.5. The molecule has 0 aliphatic heterocycles. The highest BCUT2D eigenvalue weighted by Crippen LogP contribution is 2.36. The summed E-state index contributed by atoms with van der Waals surface area (Å²) >= 11 is 14.2. The van der Waals surface area contributed by atoms with Crippen molar-refractivity contribution >= 4 is 45.9 Å². The largest absolute Gasteiger partial charge is 0.493 e. The summed E-state index contributed by atoms with van der Waals surface area (Å²) in [6, 6.07) is 17.8. The summed E-state index contributed by atoms with van der Waals surface area (Å²) < 4.78 is 6.06. The second kappa shape index (κ2) is 10.9. The van der Waals surface area contributed by atoms with Gasteiger partial charge in [0.25, 0.3) is 0 Å². The van der Waals surface area contributed by atoms with Crippen molar-refractivity contribution in [3.8, 4) is 5.75 Å². The van der Waals surface area contributed by atoms with Gasteiger partial charge in [-0.3, -0.25) is 4.98 Å². The molecule has 160 valence electrons. The van der Waals surface area contributed by atoms with Crippen LogP contribution in [0.5, 0.6) is 5.75 Å². The number of halogens is 2. The average molecular weight is 472 g/mol. The van der Waals surface area contributed by atoms with Gasteiger partial charge in [0.15, 0.2) is 0 Å². The van der Waals surface area contributed by atoms with E-state index in [4.69, 9.17) is 27.9 Å². The number of fused-ring (bicyclic) bond motifs is 1. The second-order valence-electron chi connectivity index (χ2n) is 7.09. The van der Waals surface area contributed by atoms with Crippen LogP contribution in [0.2, 0.25) is 10.0 Å². The maximum atomic E-state index is 6.28. The van der Waals surface area contributed by atoms with Gasteiger partial charge < -0.3 is 15.0 Å². The van der Waals surface area contributed by atoms with Crippen molar-refractivity contribution < 1.29 is 4.74 Å². The number of rotatable bonds is 10. The third-order valence-corrected chi connectivity index (χ3v) is 6.82. The molecular formula is C24H23Cl2N3OS. The number of aromatic amines is 1. The first-order chi connectivity index (χ1) is 15.2. The van der Waals surface area contributed by atoms with Crippen molar-refractivity contribution in [2.75, 3.05) is 13.2 Å². The van der Waals surface area contributed by atoms with Crippen LogP contribution in [0.15, 0.2) is 71.9 Å². The summed E-state index contributed by atoms with van der Waals surface area (Å²) in [5.74, 6) is 1.64. The standard InChI is InChI=1S/C24H23Cl2N3OS/c25-20-6-1-7-21(26)24(20)31-16-18-13-19-22(29-18)8-2-9-23(19)30-12-4-11-28-15-17-5-3-10-27-14-17/h1-3,5-10,13-14,28-29H,4,11-12,15-16H2. The Morgan fingerprint density at radius 2 is 1.87 bits per heavy atom. The molecule has 7 heteroatoms. The quantitative estimate of drug-likeness (QED) is 0.199. The first kappa shape index (κ1) is 22.0. The van der Waals surface area contributed by atoms with Crippen molar-refractivity contribution in [2.24, 2.45) is 0 Å². The molecule has 2 aromatic heterocycles. The lowest BCUT2D eigenvalue weighted by molar-refractivity contribution is 0.311. The van der Waals surface area contributed by atoms with E-state index in [0.717, 1.165) is 52.5 Å². The molecule has 0 aliphatic carbocycles. The first-order valence-electron chi connectivity index (χ1n) is 10.1. The SMILES string of the molecule is Clc1cccc(Cl)c1SCc1cc2c(OCCCNCc3cccnc3)cccc2[nH]1. The van der Waals surface area contributed by atoms with Crippen molar-refractivity contribution in [1.82, 2.24) is 15.3 Å². The Morgan fingerprint density at radius 1 is 1.03 bits per heavy atom. The van der Waals surface area contributed by atoms with E-state index in [1.807, 2.05) is 42.6 Å². The van der Waals surface area contributed by atoms with Crippen molar-refractivity contribution in [2.45, 2.75) is 23.6 Å². The maximum Gasteiger partial charge on any atom is 0.128 e. The summed E-state index contributed by atoms with van der Waals surface area (Å²) in [5.41, 5.74) is 3.35. The molecule has 4 nitrogen and oxygen atoms in total. The molecule has 0 spiro atoms. The van der Waals surface area contributed by atoms with E-state index in [1.165, 1.54) is 5.56 Å². The Labute approximate surface area is 196 Å². The molecule has 2 heterocycles. The number of nitrogens with one attached hydrogen (secondary N) is 2. The maximum absolute atomic E-state index is 6.28. The van der Waals surface area contributed by atoms with Crippen LogP contribution >= 0.6 is 35.0 Å². The molecule has 0 aliphatic rings. The number of aromatic nitrogens is 2. The zero-order chi connectivity index (χ0) is 21.5. The van der Waals surface area contributed by atoms with Gasteiger partial charge in [0, 0.05) is 46.2 Å². The molecule has 0 fully saturated rings. The number of pyridine rings is 1. The average Bonchev–Trinajstić information content (AvgIpc) is 3.20. The fourth-order valence-electron chi connectivity index (χ4n) is 3.27. The van der Waals surface area contributed by atoms with Crippen molar-refractivity contribution in [3.63, 3.8) is 0 Å². The highest BCUT2D eigenvalue weighted by Gasteiger charge is 2.10. The van der Waals surface area contributed by atoms with Gasteiger partial charge in [0.2, 0.25) is 0 Å². The second-order valence-corrected chi connectivity index (χ2v) is 8.89. The molecule has 0 saturated carbocycles. The molecule has 31 heavy (non-hydrogen) atoms. The number of hydrogen-bond donors (Lipinski definition) is 2. The van der Waals surface area contributed by atoms with Crippen LogP contribution in [0.1, 0.15) is 17.7 Å². The fraction of sp³-hybridized carbons (Fsp3) is 0.208. The molecule has 0 unspecified atom stereocenters. The third kappa shape index (κ3) is 5.95. The Balaban J connectivity index is 1.30. The Hall–Kier alpha value is -2.18. The van der Waals surface area contributed by atoms with Crippen LogP contribution in [0, 0.1) is 0 Å². The van der Waals surface area contributed by atoms with E-state index in [-0.39, 0.29) is 0 Å². The van der Waals surface area contributed by atoms with Gasteiger partial charge in [-0.1, -0.05) is 41.4 Å². The topological polar surface area (TPSA) is 49.9 Å². The number of nitrogens with zero attached hydrogens (tertiary/aromatic N) is 1. The number of thioether (sulfide) groups is 1. The van der Waals surface area contributed by atoms with Gasteiger partial charge in [-0.2, -0.15) is 0 Å². The minimum atomic E-state index is 0.656. The first-order valence-corrected chi connectivity index (χ1v) is 11.8. The van der Waals surface area contributed by atoms with E-state index < -0.39 is 0 Å². The lowest BCUT2D eigenvalue weighted by Crippen LogP contribution is -2.17. The van der Waals surface area contributed by atoms with E-state index >= 15 is 0 Å². The molecular weight excluding hydrogens is 449 g/mol. The van der Waals surface area contributed by atoms with Crippen molar-refractivity contribution in [1.29, 1.82) is 0 Å². The molecule has 4 aromatic rings. The Morgan fingerprint density at radius 3 is 2.68 bits per heavy atom. The number of benzene rings is 2. The smallest absolute Gasteiger partial charge is 0.128 e. The Bertz CT molecular complexity index is 1110. The van der Waals surface area contributed by atoms with Gasteiger partial charge in [-0.25, -0.2) is 0 Å². The molecule has 0 saturated heterocycles. The van der Waals surface area contributed by atoms with Gasteiger partial charge >= 0.3 is 0 Å².